The van der Waals surface area contributed by atoms with Crippen LogP contribution in [0.3, 0.4) is 0 Å². The molecular weight excluding hydrogens is 216 g/mol. The van der Waals surface area contributed by atoms with E-state index in [4.69, 9.17) is 11.6 Å². The van der Waals surface area contributed by atoms with Gasteiger partial charge in [-0.1, -0.05) is 26.2 Å². The van der Waals surface area contributed by atoms with Gasteiger partial charge in [0.05, 0.1) is 0 Å². The van der Waals surface area contributed by atoms with Crippen LogP contribution in [0.5, 0.6) is 0 Å². The molecule has 0 saturated carbocycles. The van der Waals surface area contributed by atoms with Gasteiger partial charge in [-0.3, -0.25) is 0 Å². The molecule has 6 heteroatoms. The zero-order chi connectivity index (χ0) is 12.7. The third kappa shape index (κ3) is 4.86. The Balaban J connectivity index is 2.52. The number of hydrazine groups is 1. The van der Waals surface area contributed by atoms with Crippen LogP contribution in [0, 0.1) is 0 Å². The minimum atomic E-state index is 0.212. The highest BCUT2D eigenvalue weighted by atomic mass is 15.3. The maximum atomic E-state index is 5.57. The summed E-state index contributed by atoms with van der Waals surface area (Å²) in [6.07, 6.45) is 4.82. The lowest BCUT2D eigenvalue weighted by Gasteiger charge is -2.15. The number of nitrogens with two attached hydrogens (primary N) is 2. The highest BCUT2D eigenvalue weighted by molar-refractivity contribution is 5.50. The van der Waals surface area contributed by atoms with Gasteiger partial charge in [0.15, 0.2) is 0 Å². The van der Waals surface area contributed by atoms with Gasteiger partial charge in [0.2, 0.25) is 5.95 Å². The molecule has 1 rings (SSSR count). The van der Waals surface area contributed by atoms with Gasteiger partial charge in [-0.25, -0.2) is 5.84 Å². The first-order valence-electron chi connectivity index (χ1n) is 6.03. The molecule has 0 aliphatic heterocycles. The van der Waals surface area contributed by atoms with Crippen LogP contribution in [0.4, 0.5) is 17.6 Å². The van der Waals surface area contributed by atoms with Crippen molar-refractivity contribution in [3.05, 3.63) is 6.07 Å². The van der Waals surface area contributed by atoms with Gasteiger partial charge >= 0.3 is 0 Å². The van der Waals surface area contributed by atoms with Crippen molar-refractivity contribution in [1.82, 2.24) is 9.97 Å². The summed E-state index contributed by atoms with van der Waals surface area (Å²) in [5.74, 6) is 6.72. The second-order valence-electron chi connectivity index (χ2n) is 4.18. The van der Waals surface area contributed by atoms with Crippen molar-refractivity contribution in [2.45, 2.75) is 45.6 Å². The molecule has 0 aromatic carbocycles. The summed E-state index contributed by atoms with van der Waals surface area (Å²) in [4.78, 5) is 8.04. The van der Waals surface area contributed by atoms with Crippen LogP contribution in [0.15, 0.2) is 6.07 Å². The molecule has 96 valence electrons. The second kappa shape index (κ2) is 6.90. The van der Waals surface area contributed by atoms with Gasteiger partial charge in [0, 0.05) is 12.1 Å². The van der Waals surface area contributed by atoms with Crippen molar-refractivity contribution < 1.29 is 0 Å². The molecule has 6 N–H and O–H groups in total. The van der Waals surface area contributed by atoms with E-state index in [1.807, 2.05) is 0 Å². The Hall–Kier alpha value is -1.56. The number of nitrogen functional groups attached to an aromatic ring is 2. The fourth-order valence-electron chi connectivity index (χ4n) is 1.64. The van der Waals surface area contributed by atoms with Crippen molar-refractivity contribution in [1.29, 1.82) is 0 Å². The van der Waals surface area contributed by atoms with Crippen LogP contribution in [0.2, 0.25) is 0 Å². The number of hydrogen-bond acceptors (Lipinski definition) is 6. The van der Waals surface area contributed by atoms with Crippen LogP contribution < -0.4 is 22.3 Å². The molecule has 1 heterocycles. The molecular formula is C11H22N6. The van der Waals surface area contributed by atoms with Crippen molar-refractivity contribution in [3.63, 3.8) is 0 Å². The van der Waals surface area contributed by atoms with E-state index in [0.717, 1.165) is 6.42 Å². The Labute approximate surface area is 102 Å². The SMILES string of the molecule is CCCCCC(C)Nc1cc(NN)nc(N)n1. The quantitative estimate of drug-likeness (QED) is 0.328. The van der Waals surface area contributed by atoms with E-state index in [9.17, 15) is 0 Å². The first-order chi connectivity index (χ1) is 8.15. The summed E-state index contributed by atoms with van der Waals surface area (Å²) in [5.41, 5.74) is 8.04. The Morgan fingerprint density at radius 2 is 2.00 bits per heavy atom. The first kappa shape index (κ1) is 13.5. The van der Waals surface area contributed by atoms with Crippen LogP contribution in [0.25, 0.3) is 0 Å². The third-order valence-corrected chi connectivity index (χ3v) is 2.53. The largest absolute Gasteiger partial charge is 0.368 e. The minimum Gasteiger partial charge on any atom is -0.368 e. The number of nitrogens with one attached hydrogen (secondary N) is 2. The average molecular weight is 238 g/mol. The van der Waals surface area contributed by atoms with Crippen molar-refractivity contribution in [3.8, 4) is 0 Å². The summed E-state index contributed by atoms with van der Waals surface area (Å²) in [7, 11) is 0. The van der Waals surface area contributed by atoms with E-state index in [0.29, 0.717) is 17.7 Å². The normalized spacial score (nSPS) is 12.2. The van der Waals surface area contributed by atoms with Gasteiger partial charge in [0.25, 0.3) is 0 Å². The number of nitrogens with zero attached hydrogens (tertiary/aromatic N) is 2. The zero-order valence-corrected chi connectivity index (χ0v) is 10.5. The maximum absolute atomic E-state index is 5.57. The molecule has 1 aromatic heterocycles. The molecule has 0 saturated heterocycles. The van der Waals surface area contributed by atoms with Gasteiger partial charge in [-0.05, 0) is 13.3 Å². The summed E-state index contributed by atoms with van der Waals surface area (Å²) < 4.78 is 0. The third-order valence-electron chi connectivity index (χ3n) is 2.53. The van der Waals surface area contributed by atoms with Crippen LogP contribution >= 0.6 is 0 Å². The standard InChI is InChI=1S/C11H22N6/c1-3-4-5-6-8(2)14-9-7-10(17-13)16-11(12)15-9/h7-8H,3-6,13H2,1-2H3,(H4,12,14,15,16,17). The highest BCUT2D eigenvalue weighted by Crippen LogP contribution is 2.14. The Kier molecular flexibility index (Phi) is 5.48. The number of hydrogen-bond donors (Lipinski definition) is 4. The predicted octanol–water partition coefficient (Wildman–Crippen LogP) is 1.73. The lowest BCUT2D eigenvalue weighted by atomic mass is 10.1. The molecule has 17 heavy (non-hydrogen) atoms. The molecule has 0 aliphatic carbocycles. The molecule has 6 nitrogen and oxygen atoms in total. The fraction of sp³-hybridized carbons (Fsp3) is 0.636. The lowest BCUT2D eigenvalue weighted by Crippen LogP contribution is -2.18. The van der Waals surface area contributed by atoms with E-state index in [1.165, 1.54) is 19.3 Å². The van der Waals surface area contributed by atoms with Crippen LogP contribution in [-0.4, -0.2) is 16.0 Å². The maximum Gasteiger partial charge on any atom is 0.223 e. The number of rotatable bonds is 7. The topological polar surface area (TPSA) is 102 Å². The Morgan fingerprint density at radius 1 is 1.29 bits per heavy atom. The monoisotopic (exact) mass is 238 g/mol. The van der Waals surface area contributed by atoms with Gasteiger partial charge < -0.3 is 16.5 Å². The zero-order valence-electron chi connectivity index (χ0n) is 10.5. The second-order valence-corrected chi connectivity index (χ2v) is 4.18. The minimum absolute atomic E-state index is 0.212. The predicted molar refractivity (Wildman–Crippen MR) is 71.5 cm³/mol. The number of anilines is 3. The smallest absolute Gasteiger partial charge is 0.223 e. The van der Waals surface area contributed by atoms with Crippen molar-refractivity contribution >= 4 is 17.6 Å². The van der Waals surface area contributed by atoms with E-state index in [1.54, 1.807) is 6.07 Å². The molecule has 0 aliphatic rings. The molecule has 1 unspecified atom stereocenters. The van der Waals surface area contributed by atoms with E-state index < -0.39 is 0 Å². The molecule has 0 fully saturated rings. The molecule has 0 amide bonds. The van der Waals surface area contributed by atoms with Gasteiger partial charge in [0.1, 0.15) is 11.6 Å². The van der Waals surface area contributed by atoms with Gasteiger partial charge in [-0.15, -0.1) is 0 Å². The first-order valence-corrected chi connectivity index (χ1v) is 6.03. The average Bonchev–Trinajstić information content (AvgIpc) is 2.28. The molecule has 1 atom stereocenters. The summed E-state index contributed by atoms with van der Waals surface area (Å²) in [6.45, 7) is 4.33. The van der Waals surface area contributed by atoms with Crippen LogP contribution in [0.1, 0.15) is 39.5 Å². The Bertz CT molecular complexity index is 341. The van der Waals surface area contributed by atoms with Crippen LogP contribution in [-0.2, 0) is 0 Å². The fourth-order valence-corrected chi connectivity index (χ4v) is 1.64. The summed E-state index contributed by atoms with van der Waals surface area (Å²) in [5, 5.41) is 3.29. The van der Waals surface area contributed by atoms with E-state index in [-0.39, 0.29) is 5.95 Å². The molecule has 0 radical (unpaired) electrons. The molecule has 0 spiro atoms. The van der Waals surface area contributed by atoms with E-state index >= 15 is 0 Å². The number of unbranched alkanes of at least 4 members (excludes halogenated alkanes) is 2. The summed E-state index contributed by atoms with van der Waals surface area (Å²) in [6, 6.07) is 2.11. The van der Waals surface area contributed by atoms with Crippen molar-refractivity contribution in [2.75, 3.05) is 16.5 Å². The lowest BCUT2D eigenvalue weighted by molar-refractivity contribution is 0.614. The van der Waals surface area contributed by atoms with Crippen molar-refractivity contribution in [2.24, 2.45) is 5.84 Å². The van der Waals surface area contributed by atoms with E-state index in [2.05, 4.69) is 34.6 Å². The molecule has 0 bridgehead atoms. The highest BCUT2D eigenvalue weighted by Gasteiger charge is 2.05. The summed E-state index contributed by atoms with van der Waals surface area (Å²) >= 11 is 0. The Morgan fingerprint density at radius 3 is 2.65 bits per heavy atom. The number of aromatic nitrogens is 2. The van der Waals surface area contributed by atoms with Gasteiger partial charge in [-0.2, -0.15) is 9.97 Å². The molecule has 1 aromatic rings.